The van der Waals surface area contributed by atoms with Gasteiger partial charge in [-0.1, -0.05) is 49.6 Å². The highest BCUT2D eigenvalue weighted by Crippen LogP contribution is 2.31. The van der Waals surface area contributed by atoms with Gasteiger partial charge in [-0.3, -0.25) is 19.3 Å². The number of benzene rings is 2. The normalized spacial score (nSPS) is 16.9. The Kier molecular flexibility index (Phi) is 6.87. The highest BCUT2D eigenvalue weighted by Gasteiger charge is 2.40. The van der Waals surface area contributed by atoms with Gasteiger partial charge >= 0.3 is 5.97 Å². The van der Waals surface area contributed by atoms with Crippen molar-refractivity contribution in [2.45, 2.75) is 57.5 Å². The highest BCUT2D eigenvalue weighted by atomic mass is 16.5. The van der Waals surface area contributed by atoms with E-state index in [2.05, 4.69) is 5.32 Å². The van der Waals surface area contributed by atoms with Gasteiger partial charge in [0.05, 0.1) is 17.7 Å². The number of ether oxygens (including phenoxy) is 1. The third-order valence-corrected chi connectivity index (χ3v) is 6.28. The van der Waals surface area contributed by atoms with Gasteiger partial charge in [-0.2, -0.15) is 0 Å². The molecule has 1 aliphatic carbocycles. The zero-order valence-corrected chi connectivity index (χ0v) is 18.7. The topological polar surface area (TPSA) is 92.8 Å². The molecular formula is C26H28N2O5. The molecule has 0 saturated heterocycles. The van der Waals surface area contributed by atoms with Crippen molar-refractivity contribution in [1.29, 1.82) is 0 Å². The summed E-state index contributed by atoms with van der Waals surface area (Å²) in [6, 6.07) is 12.9. The van der Waals surface area contributed by atoms with Crippen LogP contribution >= 0.6 is 0 Å². The molecule has 1 saturated carbocycles. The summed E-state index contributed by atoms with van der Waals surface area (Å²) < 4.78 is 5.14. The van der Waals surface area contributed by atoms with E-state index in [0.29, 0.717) is 5.56 Å². The van der Waals surface area contributed by atoms with Crippen LogP contribution in [0.15, 0.2) is 48.5 Å². The first-order valence-electron chi connectivity index (χ1n) is 11.5. The second-order valence-corrected chi connectivity index (χ2v) is 8.50. The fourth-order valence-electron chi connectivity index (χ4n) is 4.60. The van der Waals surface area contributed by atoms with Crippen LogP contribution in [0.1, 0.15) is 75.7 Å². The maximum Gasteiger partial charge on any atom is 0.328 e. The van der Waals surface area contributed by atoms with Gasteiger partial charge in [-0.05, 0) is 43.5 Å². The molecule has 0 bridgehead atoms. The lowest BCUT2D eigenvalue weighted by Crippen LogP contribution is -2.43. The first-order chi connectivity index (χ1) is 16.0. The lowest BCUT2D eigenvalue weighted by atomic mass is 9.94. The van der Waals surface area contributed by atoms with E-state index in [0.717, 1.165) is 37.7 Å². The van der Waals surface area contributed by atoms with E-state index in [4.69, 9.17) is 4.74 Å². The van der Waals surface area contributed by atoms with E-state index in [-0.39, 0.29) is 42.0 Å². The molecule has 0 radical (unpaired) electrons. The van der Waals surface area contributed by atoms with E-state index in [9.17, 15) is 19.2 Å². The molecular weight excluding hydrogens is 420 g/mol. The SMILES string of the molecule is CCOC(=O)C(Cc1ccccc1)NC(=O)c1ccc2c(c1)C(=O)N(C1CCCCC1)C2=O. The van der Waals surface area contributed by atoms with E-state index in [1.807, 2.05) is 30.3 Å². The second-order valence-electron chi connectivity index (χ2n) is 8.50. The number of nitrogens with zero attached hydrogens (tertiary/aromatic N) is 1. The average molecular weight is 449 g/mol. The molecule has 1 fully saturated rings. The molecule has 2 aromatic carbocycles. The average Bonchev–Trinajstić information content (AvgIpc) is 3.09. The standard InChI is InChI=1S/C26H28N2O5/c1-2-33-26(32)22(15-17-9-5-3-6-10-17)27-23(29)18-13-14-20-21(16-18)25(31)28(24(20)30)19-11-7-4-8-12-19/h3,5-6,9-10,13-14,16,19,22H,2,4,7-8,11-12,15H2,1H3,(H,27,29). The Morgan fingerprint density at radius 3 is 2.39 bits per heavy atom. The number of imide groups is 1. The molecule has 7 nitrogen and oxygen atoms in total. The van der Waals surface area contributed by atoms with Crippen LogP contribution in [0.25, 0.3) is 0 Å². The predicted molar refractivity (Wildman–Crippen MR) is 122 cm³/mol. The van der Waals surface area contributed by atoms with Crippen molar-refractivity contribution in [3.8, 4) is 0 Å². The molecule has 1 aliphatic heterocycles. The van der Waals surface area contributed by atoms with Crippen LogP contribution in [0.5, 0.6) is 0 Å². The minimum atomic E-state index is -0.871. The first kappa shape index (κ1) is 22.7. The van der Waals surface area contributed by atoms with Crippen LogP contribution in [0.2, 0.25) is 0 Å². The smallest absolute Gasteiger partial charge is 0.328 e. The molecule has 4 rings (SSSR count). The predicted octanol–water partition coefficient (Wildman–Crippen LogP) is 3.52. The summed E-state index contributed by atoms with van der Waals surface area (Å²) in [4.78, 5) is 52.7. The summed E-state index contributed by atoms with van der Waals surface area (Å²) in [5.74, 6) is -1.65. The molecule has 2 aromatic rings. The van der Waals surface area contributed by atoms with Crippen LogP contribution in [0.4, 0.5) is 0 Å². The van der Waals surface area contributed by atoms with Crippen LogP contribution in [0.3, 0.4) is 0 Å². The molecule has 1 unspecified atom stereocenters. The Morgan fingerprint density at radius 1 is 1.00 bits per heavy atom. The zero-order chi connectivity index (χ0) is 23.4. The minimum Gasteiger partial charge on any atom is -0.464 e. The first-order valence-corrected chi connectivity index (χ1v) is 11.5. The molecule has 0 spiro atoms. The molecule has 1 heterocycles. The van der Waals surface area contributed by atoms with Gasteiger partial charge in [0, 0.05) is 18.0 Å². The van der Waals surface area contributed by atoms with Crippen molar-refractivity contribution in [3.05, 3.63) is 70.8 Å². The number of hydrogen-bond acceptors (Lipinski definition) is 5. The van der Waals surface area contributed by atoms with Crippen molar-refractivity contribution in [2.24, 2.45) is 0 Å². The minimum absolute atomic E-state index is 0.0810. The Labute approximate surface area is 193 Å². The molecule has 3 amide bonds. The molecule has 172 valence electrons. The monoisotopic (exact) mass is 448 g/mol. The van der Waals surface area contributed by atoms with Crippen molar-refractivity contribution >= 4 is 23.7 Å². The number of rotatable bonds is 7. The summed E-state index contributed by atoms with van der Waals surface area (Å²) >= 11 is 0. The Balaban J connectivity index is 1.53. The van der Waals surface area contributed by atoms with E-state index < -0.39 is 17.9 Å². The van der Waals surface area contributed by atoms with Gasteiger partial charge in [-0.15, -0.1) is 0 Å². The maximum atomic E-state index is 13.0. The third-order valence-electron chi connectivity index (χ3n) is 6.28. The molecule has 1 N–H and O–H groups in total. The molecule has 33 heavy (non-hydrogen) atoms. The van der Waals surface area contributed by atoms with Gasteiger partial charge in [-0.25, -0.2) is 4.79 Å². The number of carbonyl (C=O) groups excluding carboxylic acids is 4. The molecule has 0 aromatic heterocycles. The van der Waals surface area contributed by atoms with Gasteiger partial charge in [0.15, 0.2) is 0 Å². The summed E-state index contributed by atoms with van der Waals surface area (Å²) in [5.41, 5.74) is 1.68. The Morgan fingerprint density at radius 2 is 1.70 bits per heavy atom. The van der Waals surface area contributed by atoms with Gasteiger partial charge in [0.2, 0.25) is 0 Å². The lowest BCUT2D eigenvalue weighted by molar-refractivity contribution is -0.145. The van der Waals surface area contributed by atoms with Gasteiger partial charge in [0.25, 0.3) is 17.7 Å². The number of esters is 1. The molecule has 7 heteroatoms. The van der Waals surface area contributed by atoms with Crippen molar-refractivity contribution < 1.29 is 23.9 Å². The zero-order valence-electron chi connectivity index (χ0n) is 18.7. The second kappa shape index (κ2) is 9.98. The summed E-state index contributed by atoms with van der Waals surface area (Å²) in [7, 11) is 0. The fourth-order valence-corrected chi connectivity index (χ4v) is 4.60. The summed E-state index contributed by atoms with van der Waals surface area (Å²) in [6.07, 6.45) is 5.04. The molecule has 1 atom stereocenters. The third kappa shape index (κ3) is 4.82. The maximum absolute atomic E-state index is 13.0. The number of hydrogen-bond donors (Lipinski definition) is 1. The van der Waals surface area contributed by atoms with Gasteiger partial charge < -0.3 is 10.1 Å². The van der Waals surface area contributed by atoms with Crippen LogP contribution in [-0.4, -0.2) is 47.3 Å². The highest BCUT2D eigenvalue weighted by molar-refractivity contribution is 6.22. The summed E-state index contributed by atoms with van der Waals surface area (Å²) in [5, 5.41) is 2.73. The lowest BCUT2D eigenvalue weighted by Gasteiger charge is -2.29. The van der Waals surface area contributed by atoms with E-state index in [1.165, 1.54) is 23.1 Å². The Bertz CT molecular complexity index is 1060. The summed E-state index contributed by atoms with van der Waals surface area (Å²) in [6.45, 7) is 1.91. The van der Waals surface area contributed by atoms with Crippen molar-refractivity contribution in [2.75, 3.05) is 6.61 Å². The van der Waals surface area contributed by atoms with E-state index >= 15 is 0 Å². The van der Waals surface area contributed by atoms with Crippen LogP contribution < -0.4 is 5.32 Å². The number of nitrogens with one attached hydrogen (secondary N) is 1. The van der Waals surface area contributed by atoms with E-state index in [1.54, 1.807) is 6.92 Å². The van der Waals surface area contributed by atoms with Gasteiger partial charge in [0.1, 0.15) is 6.04 Å². The molecule has 2 aliphatic rings. The number of carbonyl (C=O) groups is 4. The quantitative estimate of drug-likeness (QED) is 0.517. The van der Waals surface area contributed by atoms with Crippen molar-refractivity contribution in [1.82, 2.24) is 10.2 Å². The van der Waals surface area contributed by atoms with Crippen molar-refractivity contribution in [3.63, 3.8) is 0 Å². The Hall–Kier alpha value is -3.48. The fraction of sp³-hybridized carbons (Fsp3) is 0.385. The number of amides is 3. The largest absolute Gasteiger partial charge is 0.464 e. The van der Waals surface area contributed by atoms with Crippen LogP contribution in [-0.2, 0) is 16.0 Å². The number of fused-ring (bicyclic) bond motifs is 1. The van der Waals surface area contributed by atoms with Crippen LogP contribution in [0, 0.1) is 0 Å².